The van der Waals surface area contributed by atoms with Crippen molar-refractivity contribution in [1.82, 2.24) is 0 Å². The quantitative estimate of drug-likeness (QED) is 0.551. The van der Waals surface area contributed by atoms with E-state index < -0.39 is 37.1 Å². The molecule has 2 aliphatic heterocycles. The molecule has 0 bridgehead atoms. The van der Waals surface area contributed by atoms with Gasteiger partial charge in [-0.1, -0.05) is 29.8 Å². The van der Waals surface area contributed by atoms with Gasteiger partial charge in [-0.2, -0.15) is 0 Å². The van der Waals surface area contributed by atoms with E-state index in [2.05, 4.69) is 0 Å². The summed E-state index contributed by atoms with van der Waals surface area (Å²) in [6, 6.07) is 9.65. The highest BCUT2D eigenvalue weighted by Gasteiger charge is 2.45. The van der Waals surface area contributed by atoms with Crippen LogP contribution in [0.2, 0.25) is 5.02 Å². The van der Waals surface area contributed by atoms with Gasteiger partial charge in [-0.3, -0.25) is 0 Å². The maximum absolute atomic E-state index is 10.6. The molecule has 1 fully saturated rings. The summed E-state index contributed by atoms with van der Waals surface area (Å²) in [7, 11) is 1.62. The first-order valence-corrected chi connectivity index (χ1v) is 11.2. The Morgan fingerprint density at radius 3 is 2.53 bits per heavy atom. The molecule has 1 saturated heterocycles. The molecule has 30 heavy (non-hydrogen) atoms. The minimum absolute atomic E-state index is 0.455. The van der Waals surface area contributed by atoms with Crippen molar-refractivity contribution in [2.24, 2.45) is 0 Å². The molecule has 5 atom stereocenters. The standard InChI is InChI=1S/C22H25ClO6S/c1-28-13-4-2-11(3-5-13)8-12-9-15(22-14(17(12)23)6-7-30-22)21-20(27)19(26)18(25)16(10-24)29-21/h2-5,9,16,18-21,24-27H,6-8,10H2,1H3/t16-,18-,19+,20-,21+/m1/s1. The van der Waals surface area contributed by atoms with Gasteiger partial charge in [0.05, 0.1) is 13.7 Å². The predicted molar refractivity (Wildman–Crippen MR) is 114 cm³/mol. The van der Waals surface area contributed by atoms with Crippen LogP contribution in [0, 0.1) is 0 Å². The van der Waals surface area contributed by atoms with Crippen molar-refractivity contribution < 1.29 is 29.9 Å². The van der Waals surface area contributed by atoms with Crippen LogP contribution in [0.5, 0.6) is 5.75 Å². The molecule has 2 aromatic rings. The second-order valence-electron chi connectivity index (χ2n) is 7.62. The number of hydrogen-bond acceptors (Lipinski definition) is 7. The Morgan fingerprint density at radius 1 is 1.13 bits per heavy atom. The minimum atomic E-state index is -1.41. The van der Waals surface area contributed by atoms with E-state index in [-0.39, 0.29) is 0 Å². The summed E-state index contributed by atoms with van der Waals surface area (Å²) in [4.78, 5) is 0.947. The minimum Gasteiger partial charge on any atom is -0.497 e. The monoisotopic (exact) mass is 452 g/mol. The Labute approximate surface area is 184 Å². The van der Waals surface area contributed by atoms with E-state index in [4.69, 9.17) is 21.1 Å². The zero-order valence-corrected chi connectivity index (χ0v) is 18.1. The lowest BCUT2D eigenvalue weighted by Gasteiger charge is -2.41. The summed E-state index contributed by atoms with van der Waals surface area (Å²) in [5.74, 6) is 1.64. The third kappa shape index (κ3) is 3.96. The van der Waals surface area contributed by atoms with E-state index >= 15 is 0 Å². The van der Waals surface area contributed by atoms with E-state index in [0.717, 1.165) is 45.1 Å². The molecule has 0 radical (unpaired) electrons. The van der Waals surface area contributed by atoms with E-state index in [0.29, 0.717) is 11.4 Å². The number of ether oxygens (including phenoxy) is 2. The first-order chi connectivity index (χ1) is 14.4. The third-order valence-electron chi connectivity index (χ3n) is 5.76. The van der Waals surface area contributed by atoms with Gasteiger partial charge in [-0.15, -0.1) is 11.8 Å². The Morgan fingerprint density at radius 2 is 1.87 bits per heavy atom. The predicted octanol–water partition coefficient (Wildman–Crippen LogP) is 2.10. The number of aliphatic hydroxyl groups is 4. The number of rotatable bonds is 5. The molecular formula is C22H25ClO6S. The molecule has 0 amide bonds. The molecule has 4 N–H and O–H groups in total. The van der Waals surface area contributed by atoms with Gasteiger partial charge >= 0.3 is 0 Å². The highest BCUT2D eigenvalue weighted by Crippen LogP contribution is 2.46. The van der Waals surface area contributed by atoms with Gasteiger partial charge in [-0.05, 0) is 47.2 Å². The lowest BCUT2D eigenvalue weighted by atomic mass is 9.88. The van der Waals surface area contributed by atoms with Crippen LogP contribution >= 0.6 is 23.4 Å². The van der Waals surface area contributed by atoms with Gasteiger partial charge in [0.15, 0.2) is 0 Å². The van der Waals surface area contributed by atoms with Gasteiger partial charge in [0.2, 0.25) is 0 Å². The lowest BCUT2D eigenvalue weighted by molar-refractivity contribution is -0.232. The Hall–Kier alpha value is -1.32. The summed E-state index contributed by atoms with van der Waals surface area (Å²) in [6.45, 7) is -0.455. The zero-order chi connectivity index (χ0) is 21.4. The Bertz CT molecular complexity index is 903. The van der Waals surface area contributed by atoms with Crippen molar-refractivity contribution in [2.75, 3.05) is 19.5 Å². The summed E-state index contributed by atoms with van der Waals surface area (Å²) >= 11 is 8.38. The van der Waals surface area contributed by atoms with Crippen molar-refractivity contribution in [3.05, 3.63) is 57.6 Å². The maximum Gasteiger partial charge on any atom is 0.118 e. The van der Waals surface area contributed by atoms with Crippen LogP contribution in [0.1, 0.15) is 28.4 Å². The Kier molecular flexibility index (Phi) is 6.60. The van der Waals surface area contributed by atoms with E-state index in [1.165, 1.54) is 0 Å². The van der Waals surface area contributed by atoms with Gasteiger partial charge in [0, 0.05) is 15.7 Å². The summed E-state index contributed by atoms with van der Waals surface area (Å²) in [5.41, 5.74) is 3.70. The average molecular weight is 453 g/mol. The normalized spacial score (nSPS) is 28.4. The average Bonchev–Trinajstić information content (AvgIpc) is 3.26. The first kappa shape index (κ1) is 21.9. The van der Waals surface area contributed by atoms with Gasteiger partial charge < -0.3 is 29.9 Å². The van der Waals surface area contributed by atoms with Gasteiger partial charge in [0.25, 0.3) is 0 Å². The number of halogens is 1. The third-order valence-corrected chi connectivity index (χ3v) is 7.41. The first-order valence-electron chi connectivity index (χ1n) is 9.85. The number of aliphatic hydroxyl groups excluding tert-OH is 4. The highest BCUT2D eigenvalue weighted by atomic mass is 35.5. The van der Waals surface area contributed by atoms with E-state index in [1.807, 2.05) is 30.3 Å². The molecule has 4 rings (SSSR count). The highest BCUT2D eigenvalue weighted by molar-refractivity contribution is 7.99. The molecule has 2 heterocycles. The van der Waals surface area contributed by atoms with Crippen molar-refractivity contribution in [3.8, 4) is 5.75 Å². The van der Waals surface area contributed by atoms with Crippen LogP contribution in [0.3, 0.4) is 0 Å². The molecule has 162 valence electrons. The Balaban J connectivity index is 1.73. The molecule has 2 aromatic carbocycles. The van der Waals surface area contributed by atoms with Gasteiger partial charge in [-0.25, -0.2) is 0 Å². The lowest BCUT2D eigenvalue weighted by Crippen LogP contribution is -2.55. The van der Waals surface area contributed by atoms with Crippen molar-refractivity contribution in [2.45, 2.75) is 48.3 Å². The van der Waals surface area contributed by atoms with Crippen LogP contribution < -0.4 is 4.74 Å². The van der Waals surface area contributed by atoms with Crippen molar-refractivity contribution >= 4 is 23.4 Å². The fraction of sp³-hybridized carbons (Fsp3) is 0.455. The largest absolute Gasteiger partial charge is 0.497 e. The number of fused-ring (bicyclic) bond motifs is 1. The topological polar surface area (TPSA) is 99.4 Å². The van der Waals surface area contributed by atoms with Crippen LogP contribution in [0.15, 0.2) is 35.2 Å². The number of methoxy groups -OCH3 is 1. The summed E-state index contributed by atoms with van der Waals surface area (Å²) < 4.78 is 11.0. The second kappa shape index (κ2) is 9.04. The molecule has 0 aliphatic carbocycles. The molecule has 0 saturated carbocycles. The van der Waals surface area contributed by atoms with Crippen LogP contribution in [0.4, 0.5) is 0 Å². The fourth-order valence-corrected chi connectivity index (χ4v) is 5.69. The molecule has 0 aromatic heterocycles. The molecule has 6 nitrogen and oxygen atoms in total. The summed E-state index contributed by atoms with van der Waals surface area (Å²) in [5, 5.41) is 41.3. The molecule has 0 spiro atoms. The van der Waals surface area contributed by atoms with Crippen molar-refractivity contribution in [3.63, 3.8) is 0 Å². The van der Waals surface area contributed by atoms with Crippen LogP contribution in [-0.4, -0.2) is 64.3 Å². The van der Waals surface area contributed by atoms with Crippen molar-refractivity contribution in [1.29, 1.82) is 0 Å². The van der Waals surface area contributed by atoms with Gasteiger partial charge in [0.1, 0.15) is 36.3 Å². The number of hydrogen-bond donors (Lipinski definition) is 4. The molecule has 8 heteroatoms. The van der Waals surface area contributed by atoms with Crippen LogP contribution in [-0.2, 0) is 17.6 Å². The second-order valence-corrected chi connectivity index (χ2v) is 9.10. The molecule has 0 unspecified atom stereocenters. The van der Waals surface area contributed by atoms with Crippen LogP contribution in [0.25, 0.3) is 0 Å². The SMILES string of the molecule is COc1ccc(Cc2cc([C@@H]3O[C@H](CO)[C@@H](O)[C@H](O)[C@H]3O)c3c(c2Cl)CCS3)cc1. The summed E-state index contributed by atoms with van der Waals surface area (Å²) in [6.07, 6.45) is -4.53. The smallest absolute Gasteiger partial charge is 0.118 e. The maximum atomic E-state index is 10.6. The zero-order valence-electron chi connectivity index (χ0n) is 16.5. The fourth-order valence-electron chi connectivity index (χ4n) is 4.10. The number of thioether (sulfide) groups is 1. The van der Waals surface area contributed by atoms with E-state index in [9.17, 15) is 20.4 Å². The molecule has 2 aliphatic rings. The number of benzene rings is 2. The van der Waals surface area contributed by atoms with E-state index in [1.54, 1.807) is 18.9 Å². The molecular weight excluding hydrogens is 428 g/mol.